The van der Waals surface area contributed by atoms with E-state index >= 15 is 0 Å². The van der Waals surface area contributed by atoms with E-state index in [0.717, 1.165) is 18.2 Å². The van der Waals surface area contributed by atoms with E-state index in [1.807, 2.05) is 0 Å². The second kappa shape index (κ2) is 6.46. The van der Waals surface area contributed by atoms with Crippen molar-refractivity contribution in [2.45, 2.75) is 6.18 Å². The molecule has 0 fully saturated rings. The summed E-state index contributed by atoms with van der Waals surface area (Å²) in [4.78, 5) is 0. The Morgan fingerprint density at radius 1 is 1.12 bits per heavy atom. The molecule has 0 spiro atoms. The molecule has 0 aromatic heterocycles. The normalized spacial score (nSPS) is 11.9. The van der Waals surface area contributed by atoms with Crippen LogP contribution in [0.1, 0.15) is 0 Å². The second-order valence-electron chi connectivity index (χ2n) is 3.05. The van der Waals surface area contributed by atoms with Crippen LogP contribution in [0.4, 0.5) is 26.1 Å². The molecule has 1 rings (SSSR count). The molecular weight excluding hydrogens is 276 g/mol. The van der Waals surface area contributed by atoms with Crippen molar-refractivity contribution in [1.29, 1.82) is 0 Å². The molecule has 0 radical (unpaired) electrons. The van der Waals surface area contributed by atoms with E-state index in [1.54, 1.807) is 0 Å². The van der Waals surface area contributed by atoms with Gasteiger partial charge in [-0.25, -0.2) is 0 Å². The average Bonchev–Trinajstić information content (AvgIpc) is 2.13. The van der Waals surface area contributed by atoms with Gasteiger partial charge in [-0.15, -0.1) is 5.46 Å². The van der Waals surface area contributed by atoms with Crippen molar-refractivity contribution in [3.05, 3.63) is 24.3 Å². The Morgan fingerprint density at radius 2 is 1.71 bits per heavy atom. The third-order valence-electron chi connectivity index (χ3n) is 1.64. The van der Waals surface area contributed by atoms with E-state index in [1.165, 1.54) is 0 Å². The van der Waals surface area contributed by atoms with Gasteiger partial charge in [0, 0.05) is 0 Å². The molecule has 0 aliphatic carbocycles. The van der Waals surface area contributed by atoms with Crippen LogP contribution in [0.3, 0.4) is 0 Å². The predicted octanol–water partition coefficient (Wildman–Crippen LogP) is -0.314. The first-order chi connectivity index (χ1) is 7.18. The zero-order valence-corrected chi connectivity index (χ0v) is 11.9. The van der Waals surface area contributed by atoms with Crippen LogP contribution in [0.5, 0.6) is 5.75 Å². The molecule has 1 aromatic carbocycles. The van der Waals surface area contributed by atoms with Gasteiger partial charge in [-0.1, -0.05) is 12.1 Å². The first-order valence-electron chi connectivity index (χ1n) is 4.18. The van der Waals surface area contributed by atoms with Gasteiger partial charge in [-0.2, -0.15) is 13.2 Å². The molecule has 1 nitrogen and oxygen atoms in total. The molecule has 0 saturated heterocycles. The summed E-state index contributed by atoms with van der Waals surface area (Å²) in [5.74, 6) is -0.450. The van der Waals surface area contributed by atoms with E-state index in [2.05, 4.69) is 4.74 Å². The molecule has 0 atom stereocenters. The van der Waals surface area contributed by atoms with Gasteiger partial charge in [-0.05, 0) is 12.1 Å². The summed E-state index contributed by atoms with van der Waals surface area (Å²) in [6, 6.07) is 3.36. The minimum absolute atomic E-state index is 0. The molecule has 1 aromatic rings. The maximum atomic E-state index is 12.2. The largest absolute Gasteiger partial charge is 1.00 e. The Kier molecular flexibility index (Phi) is 6.58. The Morgan fingerprint density at radius 3 is 2.18 bits per heavy atom. The van der Waals surface area contributed by atoms with Crippen LogP contribution in [-0.4, -0.2) is 19.8 Å². The number of halogens is 6. The van der Waals surface area contributed by atoms with Gasteiger partial charge >= 0.3 is 64.5 Å². The summed E-state index contributed by atoms with van der Waals surface area (Å²) in [6.45, 7) is -6.84. The van der Waals surface area contributed by atoms with Gasteiger partial charge in [0.05, 0.1) is 0 Å². The predicted molar refractivity (Wildman–Crippen MR) is 46.7 cm³/mol. The summed E-state index contributed by atoms with van der Waals surface area (Å²) in [6.07, 6.45) is -4.57. The van der Waals surface area contributed by atoms with Crippen LogP contribution >= 0.6 is 0 Å². The van der Waals surface area contributed by atoms with Crippen LogP contribution in [0.25, 0.3) is 0 Å². The van der Waals surface area contributed by atoms with Crippen molar-refractivity contribution in [1.82, 2.24) is 0 Å². The van der Waals surface area contributed by atoms with Crippen molar-refractivity contribution >= 4 is 12.4 Å². The molecule has 0 unspecified atom stereocenters. The van der Waals surface area contributed by atoms with E-state index < -0.39 is 31.0 Å². The minimum atomic E-state index is -5.23. The summed E-state index contributed by atoms with van der Waals surface area (Å²) >= 11 is 0. The topological polar surface area (TPSA) is 9.23 Å². The van der Waals surface area contributed by atoms with Crippen molar-refractivity contribution in [3.63, 3.8) is 0 Å². The second-order valence-corrected chi connectivity index (χ2v) is 3.05. The molecule has 0 saturated carbocycles. The molecule has 0 amide bonds. The fourth-order valence-corrected chi connectivity index (χ4v) is 0.973. The van der Waals surface area contributed by atoms with Gasteiger partial charge in [0.1, 0.15) is 5.75 Å². The number of hydrogen-bond acceptors (Lipinski definition) is 1. The summed E-state index contributed by atoms with van der Waals surface area (Å²) in [5.41, 5.74) is -0.986. The van der Waals surface area contributed by atoms with Crippen molar-refractivity contribution in [2.24, 2.45) is 0 Å². The van der Waals surface area contributed by atoms with Crippen LogP contribution < -0.4 is 61.6 Å². The van der Waals surface area contributed by atoms with E-state index in [-0.39, 0.29) is 51.4 Å². The van der Waals surface area contributed by atoms with Crippen LogP contribution in [0.15, 0.2) is 24.3 Å². The molecular formula is C8H6BF6KO. The van der Waals surface area contributed by atoms with Gasteiger partial charge in [-0.3, -0.25) is 0 Å². The third kappa shape index (κ3) is 6.70. The monoisotopic (exact) mass is 282 g/mol. The van der Waals surface area contributed by atoms with Crippen molar-refractivity contribution in [3.8, 4) is 5.75 Å². The number of rotatable bonds is 3. The van der Waals surface area contributed by atoms with Crippen LogP contribution in [-0.2, 0) is 0 Å². The molecule has 0 aliphatic rings. The minimum Gasteiger partial charge on any atom is -0.484 e. The molecule has 9 heteroatoms. The Bertz CT molecular complexity index is 364. The smallest absolute Gasteiger partial charge is 0.484 e. The molecule has 17 heavy (non-hydrogen) atoms. The summed E-state index contributed by atoms with van der Waals surface area (Å²) < 4.78 is 76.1. The fourth-order valence-electron chi connectivity index (χ4n) is 0.973. The summed E-state index contributed by atoms with van der Waals surface area (Å²) in [5, 5.41) is 0. The molecule has 0 N–H and O–H groups in total. The standard InChI is InChI=1S/C8H6BF6O.K/c10-8(11,12)5-16-7-3-1-2-6(4-7)9(13,14)15;/h1-4H,5H2;/q-1;+1. The van der Waals surface area contributed by atoms with Crippen molar-refractivity contribution in [2.75, 3.05) is 6.61 Å². The average molecular weight is 282 g/mol. The number of alkyl halides is 3. The Balaban J connectivity index is 0.00000256. The first kappa shape index (κ1) is 17.3. The molecule has 0 bridgehead atoms. The Labute approximate surface area is 136 Å². The first-order valence-corrected chi connectivity index (χ1v) is 4.18. The van der Waals surface area contributed by atoms with Gasteiger partial charge in [0.25, 0.3) is 0 Å². The Hall–Kier alpha value is 0.301. The van der Waals surface area contributed by atoms with Crippen molar-refractivity contribution < 1.29 is 82.2 Å². The van der Waals surface area contributed by atoms with E-state index in [4.69, 9.17) is 0 Å². The van der Waals surface area contributed by atoms with Gasteiger partial charge < -0.3 is 17.7 Å². The quantitative estimate of drug-likeness (QED) is 0.546. The van der Waals surface area contributed by atoms with Gasteiger partial charge in [0.2, 0.25) is 0 Å². The van der Waals surface area contributed by atoms with Crippen LogP contribution in [0, 0.1) is 0 Å². The van der Waals surface area contributed by atoms with Gasteiger partial charge in [0.15, 0.2) is 6.61 Å². The third-order valence-corrected chi connectivity index (χ3v) is 1.64. The zero-order chi connectivity index (χ0) is 12.4. The number of hydrogen-bond donors (Lipinski definition) is 0. The van der Waals surface area contributed by atoms with E-state index in [9.17, 15) is 26.1 Å². The number of benzene rings is 1. The van der Waals surface area contributed by atoms with E-state index in [0.29, 0.717) is 6.07 Å². The maximum absolute atomic E-state index is 12.2. The maximum Gasteiger partial charge on any atom is 1.00 e. The SMILES string of the molecule is F[B-](F)(F)c1cccc(OCC(F)(F)F)c1.[K+]. The summed E-state index contributed by atoms with van der Waals surface area (Å²) in [7, 11) is 0. The molecule has 0 aliphatic heterocycles. The van der Waals surface area contributed by atoms with Crippen LogP contribution in [0.2, 0.25) is 0 Å². The molecule has 90 valence electrons. The number of ether oxygens (including phenoxy) is 1. The fraction of sp³-hybridized carbons (Fsp3) is 0.250. The molecule has 0 heterocycles. The zero-order valence-electron chi connectivity index (χ0n) is 8.77.